The Balaban J connectivity index is 0.780. The number of para-hydroxylation sites is 2. The quantitative estimate of drug-likeness (QED) is 0.0388. The molecule has 0 spiro atoms. The number of hydrogen-bond donors (Lipinski definition) is 4. The van der Waals surface area contributed by atoms with Crippen LogP contribution in [0.5, 0.6) is 0 Å². The molecule has 1 amide bonds. The molecule has 1 saturated heterocycles. The van der Waals surface area contributed by atoms with Crippen molar-refractivity contribution in [2.45, 2.75) is 147 Å². The number of rotatable bonds is 21. The fraction of sp³-hybridized carbons (Fsp3) is 0.560. The highest BCUT2D eigenvalue weighted by Crippen LogP contribution is 2.48. The van der Waals surface area contributed by atoms with Crippen molar-refractivity contribution >= 4 is 23.0 Å². The molecule has 2 unspecified atom stereocenters. The number of anilines is 1. The van der Waals surface area contributed by atoms with Gasteiger partial charge in [-0.1, -0.05) is 106 Å². The van der Waals surface area contributed by atoms with Crippen molar-refractivity contribution in [1.29, 1.82) is 0 Å². The minimum atomic E-state index is -0.722. The minimum Gasteiger partial charge on any atom is -0.396 e. The maximum Gasteiger partial charge on any atom is 0.220 e. The number of aryl methyl sites for hydroxylation is 1. The molecule has 1 aromatic heterocycles. The summed E-state index contributed by atoms with van der Waals surface area (Å²) in [6.07, 6.45) is 22.0. The van der Waals surface area contributed by atoms with Gasteiger partial charge in [0.05, 0.1) is 36.4 Å². The lowest BCUT2D eigenvalue weighted by atomic mass is 9.81. The second kappa shape index (κ2) is 19.7. The van der Waals surface area contributed by atoms with Gasteiger partial charge in [0.15, 0.2) is 5.71 Å². The first-order chi connectivity index (χ1) is 29.4. The number of aliphatic hydroxyl groups excluding tert-OH is 3. The Morgan fingerprint density at radius 3 is 2.30 bits per heavy atom. The van der Waals surface area contributed by atoms with Crippen LogP contribution in [-0.4, -0.2) is 102 Å². The van der Waals surface area contributed by atoms with Crippen LogP contribution in [0.2, 0.25) is 0 Å². The Morgan fingerprint density at radius 1 is 0.836 bits per heavy atom. The Labute approximate surface area is 363 Å². The van der Waals surface area contributed by atoms with E-state index in [1.165, 1.54) is 40.3 Å². The molecule has 2 aromatic carbocycles. The number of carbonyl (C=O) groups is 1. The van der Waals surface area contributed by atoms with Gasteiger partial charge in [-0.15, -0.1) is 5.10 Å². The van der Waals surface area contributed by atoms with Crippen molar-refractivity contribution in [3.05, 3.63) is 108 Å². The first kappa shape index (κ1) is 44.6. The van der Waals surface area contributed by atoms with Crippen LogP contribution in [0.1, 0.15) is 115 Å². The van der Waals surface area contributed by atoms with Crippen molar-refractivity contribution in [1.82, 2.24) is 25.2 Å². The van der Waals surface area contributed by atoms with E-state index in [1.54, 1.807) is 0 Å². The smallest absolute Gasteiger partial charge is 0.220 e. The van der Waals surface area contributed by atoms with Gasteiger partial charge in [0, 0.05) is 72.6 Å². The summed E-state index contributed by atoms with van der Waals surface area (Å²) in [5.41, 5.74) is 8.45. The lowest BCUT2D eigenvalue weighted by Crippen LogP contribution is -2.41. The van der Waals surface area contributed by atoms with Gasteiger partial charge < -0.3 is 25.5 Å². The zero-order chi connectivity index (χ0) is 43.1. The van der Waals surface area contributed by atoms with E-state index < -0.39 is 12.2 Å². The molecule has 3 aromatic rings. The van der Waals surface area contributed by atoms with Crippen molar-refractivity contribution in [3.63, 3.8) is 0 Å². The maximum absolute atomic E-state index is 12.8. The predicted octanol–water partition coefficient (Wildman–Crippen LogP) is 7.08. The highest BCUT2D eigenvalue weighted by Gasteiger charge is 2.59. The topological polar surface area (TPSA) is 130 Å². The number of nitrogens with zero attached hydrogens (tertiary/aromatic N) is 6. The summed E-state index contributed by atoms with van der Waals surface area (Å²) in [7, 11) is 2.15. The third-order valence-corrected chi connectivity index (χ3v) is 13.9. The van der Waals surface area contributed by atoms with Gasteiger partial charge in [-0.05, 0) is 70.2 Å². The molecule has 4 aliphatic rings. The van der Waals surface area contributed by atoms with E-state index >= 15 is 0 Å². The zero-order valence-electron chi connectivity index (χ0n) is 37.2. The molecule has 4 heterocycles. The average molecular weight is 833 g/mol. The van der Waals surface area contributed by atoms with Gasteiger partial charge >= 0.3 is 0 Å². The normalized spacial score (nSPS) is 25.4. The molecule has 0 bridgehead atoms. The van der Waals surface area contributed by atoms with E-state index in [2.05, 4.69) is 144 Å². The van der Waals surface area contributed by atoms with Crippen LogP contribution in [0.15, 0.2) is 90.8 Å². The molecule has 7 rings (SSSR count). The molecule has 1 aliphatic carbocycles. The fourth-order valence-corrected chi connectivity index (χ4v) is 10.4. The fourth-order valence-electron chi connectivity index (χ4n) is 10.4. The molecular weight excluding hydrogens is 763 g/mol. The summed E-state index contributed by atoms with van der Waals surface area (Å²) in [4.78, 5) is 17.5. The highest BCUT2D eigenvalue weighted by molar-refractivity contribution is 6.03. The Bertz CT molecular complexity index is 2100. The van der Waals surface area contributed by atoms with Gasteiger partial charge in [-0.3, -0.25) is 14.4 Å². The van der Waals surface area contributed by atoms with Gasteiger partial charge in [0.2, 0.25) is 11.6 Å². The lowest BCUT2D eigenvalue weighted by Gasteiger charge is -2.27. The molecular formula is C50H70N7O4+. The third-order valence-electron chi connectivity index (χ3n) is 13.9. The summed E-state index contributed by atoms with van der Waals surface area (Å²) in [6.45, 7) is 12.3. The molecule has 11 nitrogen and oxygen atoms in total. The maximum atomic E-state index is 12.8. The summed E-state index contributed by atoms with van der Waals surface area (Å²) < 4.78 is 4.18. The van der Waals surface area contributed by atoms with Crippen LogP contribution in [-0.2, 0) is 28.7 Å². The van der Waals surface area contributed by atoms with Crippen molar-refractivity contribution in [2.75, 3.05) is 31.6 Å². The van der Waals surface area contributed by atoms with Crippen LogP contribution in [0.25, 0.3) is 0 Å². The molecule has 2 fully saturated rings. The number of likely N-dealkylation sites (tertiary alicyclic amines) is 1. The Hall–Kier alpha value is -4.42. The summed E-state index contributed by atoms with van der Waals surface area (Å²) >= 11 is 0. The molecule has 3 aliphatic heterocycles. The van der Waals surface area contributed by atoms with E-state index in [0.29, 0.717) is 19.4 Å². The predicted molar refractivity (Wildman–Crippen MR) is 243 cm³/mol. The van der Waals surface area contributed by atoms with Gasteiger partial charge in [0.25, 0.3) is 0 Å². The molecule has 61 heavy (non-hydrogen) atoms. The SMILES string of the molecule is C[N+]1=C(/C=C/C=C/C=C2/N(CCCCCC(=O)NCc3cn(CCCCCCCCN4C5[C@H](CO)C[C@H](O)[C@@H](O)[C@@H]54)nn3)c3ccccc3C2(C)C)C(C)(C)c2ccccc21. The van der Waals surface area contributed by atoms with E-state index in [-0.39, 0.29) is 41.3 Å². The number of benzene rings is 2. The summed E-state index contributed by atoms with van der Waals surface area (Å²) in [5.74, 6) is 0.123. The van der Waals surface area contributed by atoms with Gasteiger partial charge in [0.1, 0.15) is 12.7 Å². The number of allylic oxidation sites excluding steroid dienone is 6. The Morgan fingerprint density at radius 2 is 1.52 bits per heavy atom. The number of carbonyl (C=O) groups excluding carboxylic acids is 1. The molecule has 4 N–H and O–H groups in total. The van der Waals surface area contributed by atoms with Crippen LogP contribution >= 0.6 is 0 Å². The number of aliphatic hydroxyl groups is 3. The molecule has 1 saturated carbocycles. The summed E-state index contributed by atoms with van der Waals surface area (Å²) in [6, 6.07) is 17.7. The van der Waals surface area contributed by atoms with Crippen LogP contribution in [0, 0.1) is 5.92 Å². The van der Waals surface area contributed by atoms with Crippen LogP contribution in [0.3, 0.4) is 0 Å². The number of fused-ring (bicyclic) bond motifs is 3. The first-order valence-corrected chi connectivity index (χ1v) is 22.9. The van der Waals surface area contributed by atoms with Crippen molar-refractivity contribution in [3.8, 4) is 0 Å². The van der Waals surface area contributed by atoms with Gasteiger partial charge in [-0.25, -0.2) is 0 Å². The highest BCUT2D eigenvalue weighted by atomic mass is 16.3. The number of hydrogen-bond acceptors (Lipinski definition) is 8. The van der Waals surface area contributed by atoms with Crippen LogP contribution in [0.4, 0.5) is 11.4 Å². The number of amides is 1. The standard InChI is InChI=1S/C50H69N7O4/c1-49(2)38-22-15-17-24-40(38)54(5)43(49)26-12-10-13-27-44-50(3,4)39-23-16-18-25-41(39)56(44)30-21-11-14-28-45(60)51-33-37-34-55(53-52-37)29-19-8-6-7-9-20-31-57-46-36(35-58)32-42(59)48(61)47(46)57/h10,12-13,15-18,22-27,34,36,42,46-48,58-59,61H,6-9,11,14,19-21,28-33,35H2,1-5H3/p+1/t36-,42-,46?,47+,48+,57?/m0/s1. The number of unbranched alkanes of at least 4 members (excludes halogenated alkanes) is 7. The van der Waals surface area contributed by atoms with E-state index in [4.69, 9.17) is 0 Å². The van der Waals surface area contributed by atoms with E-state index in [9.17, 15) is 20.1 Å². The van der Waals surface area contributed by atoms with Gasteiger partial charge in [-0.2, -0.15) is 4.58 Å². The Kier molecular flexibility index (Phi) is 14.4. The van der Waals surface area contributed by atoms with E-state index in [0.717, 1.165) is 76.7 Å². The van der Waals surface area contributed by atoms with Crippen molar-refractivity contribution < 1.29 is 24.7 Å². The molecule has 328 valence electrons. The third kappa shape index (κ3) is 9.96. The molecule has 11 heteroatoms. The minimum absolute atomic E-state index is 0.0154. The largest absolute Gasteiger partial charge is 0.396 e. The molecule has 0 radical (unpaired) electrons. The zero-order valence-corrected chi connectivity index (χ0v) is 37.2. The lowest BCUT2D eigenvalue weighted by molar-refractivity contribution is -0.401. The summed E-state index contributed by atoms with van der Waals surface area (Å²) in [5, 5.41) is 41.6. The van der Waals surface area contributed by atoms with E-state index in [1.807, 2.05) is 10.9 Å². The number of aromatic nitrogens is 3. The average Bonchev–Trinajstić information content (AvgIpc) is 3.62. The first-order valence-electron chi connectivity index (χ1n) is 22.9. The second-order valence-corrected chi connectivity index (χ2v) is 18.8. The second-order valence-electron chi connectivity index (χ2n) is 18.8. The molecule has 6 atom stereocenters. The van der Waals surface area contributed by atoms with Crippen LogP contribution < -0.4 is 10.2 Å². The number of nitrogens with one attached hydrogen (secondary N) is 1. The van der Waals surface area contributed by atoms with Crippen molar-refractivity contribution in [2.24, 2.45) is 5.92 Å². The monoisotopic (exact) mass is 833 g/mol.